The fourth-order valence-electron chi connectivity index (χ4n) is 3.70. The molecule has 1 fully saturated rings. The van der Waals surface area contributed by atoms with E-state index < -0.39 is 0 Å². The van der Waals surface area contributed by atoms with Crippen molar-refractivity contribution in [1.82, 2.24) is 15.0 Å². The van der Waals surface area contributed by atoms with Crippen LogP contribution in [-0.2, 0) is 0 Å². The molecule has 0 bridgehead atoms. The molecule has 0 atom stereocenters. The van der Waals surface area contributed by atoms with Gasteiger partial charge in [0.05, 0.1) is 19.9 Å². The molecule has 156 valence electrons. The van der Waals surface area contributed by atoms with Crippen LogP contribution in [0, 0.1) is 0 Å². The number of ether oxygens (including phenoxy) is 2. The molecule has 0 amide bonds. The van der Waals surface area contributed by atoms with Crippen LogP contribution in [0.3, 0.4) is 0 Å². The maximum Gasteiger partial charge on any atom is 0.225 e. The van der Waals surface area contributed by atoms with Crippen molar-refractivity contribution in [3.8, 4) is 22.8 Å². The van der Waals surface area contributed by atoms with E-state index >= 15 is 0 Å². The Hall–Kier alpha value is -3.35. The number of nitrogens with zero attached hydrogens (tertiary/aromatic N) is 3. The van der Waals surface area contributed by atoms with Crippen molar-refractivity contribution in [3.05, 3.63) is 48.8 Å². The number of anilines is 3. The summed E-state index contributed by atoms with van der Waals surface area (Å²) in [5.74, 6) is 2.75. The quantitative estimate of drug-likeness (QED) is 0.570. The lowest BCUT2D eigenvalue weighted by Gasteiger charge is -2.23. The zero-order valence-electron chi connectivity index (χ0n) is 17.4. The Labute approximate surface area is 176 Å². The fourth-order valence-corrected chi connectivity index (χ4v) is 3.70. The minimum Gasteiger partial charge on any atom is -0.497 e. The van der Waals surface area contributed by atoms with Gasteiger partial charge in [-0.15, -0.1) is 0 Å². The van der Waals surface area contributed by atoms with E-state index in [0.29, 0.717) is 29.3 Å². The van der Waals surface area contributed by atoms with E-state index in [1.54, 1.807) is 26.6 Å². The lowest BCUT2D eigenvalue weighted by atomic mass is 9.96. The smallest absolute Gasteiger partial charge is 0.225 e. The number of benzene rings is 1. The highest BCUT2D eigenvalue weighted by atomic mass is 16.5. The van der Waals surface area contributed by atoms with Crippen LogP contribution in [0.2, 0.25) is 0 Å². The molecule has 7 heteroatoms. The molecule has 1 aliphatic carbocycles. The first kappa shape index (κ1) is 19.9. The van der Waals surface area contributed by atoms with Gasteiger partial charge in [-0.1, -0.05) is 19.3 Å². The first-order chi connectivity index (χ1) is 14.7. The van der Waals surface area contributed by atoms with Gasteiger partial charge in [-0.05, 0) is 25.0 Å². The molecule has 7 nitrogen and oxygen atoms in total. The molecule has 3 aromatic rings. The van der Waals surface area contributed by atoms with Crippen molar-refractivity contribution in [2.45, 2.75) is 38.1 Å². The summed E-state index contributed by atoms with van der Waals surface area (Å²) < 4.78 is 10.8. The van der Waals surface area contributed by atoms with Crippen molar-refractivity contribution in [2.24, 2.45) is 0 Å². The molecule has 1 aromatic carbocycles. The molecule has 0 unspecified atom stereocenters. The van der Waals surface area contributed by atoms with Crippen molar-refractivity contribution in [3.63, 3.8) is 0 Å². The summed E-state index contributed by atoms with van der Waals surface area (Å²) in [7, 11) is 3.27. The maximum absolute atomic E-state index is 5.38. The maximum atomic E-state index is 5.38. The summed E-state index contributed by atoms with van der Waals surface area (Å²) in [5.41, 5.74) is 2.66. The van der Waals surface area contributed by atoms with Crippen LogP contribution in [0.1, 0.15) is 32.1 Å². The van der Waals surface area contributed by atoms with Gasteiger partial charge in [0, 0.05) is 54.0 Å². The Kier molecular flexibility index (Phi) is 6.27. The van der Waals surface area contributed by atoms with Gasteiger partial charge in [-0.2, -0.15) is 4.98 Å². The van der Waals surface area contributed by atoms with E-state index in [-0.39, 0.29) is 0 Å². The molecule has 1 saturated carbocycles. The first-order valence-corrected chi connectivity index (χ1v) is 10.3. The van der Waals surface area contributed by atoms with Crippen LogP contribution < -0.4 is 20.1 Å². The van der Waals surface area contributed by atoms with Gasteiger partial charge in [0.15, 0.2) is 0 Å². The normalized spacial score (nSPS) is 14.2. The molecule has 2 N–H and O–H groups in total. The molecule has 0 saturated heterocycles. The van der Waals surface area contributed by atoms with E-state index in [4.69, 9.17) is 19.4 Å². The van der Waals surface area contributed by atoms with Crippen molar-refractivity contribution in [2.75, 3.05) is 24.9 Å². The van der Waals surface area contributed by atoms with Gasteiger partial charge in [-0.3, -0.25) is 4.98 Å². The zero-order chi connectivity index (χ0) is 20.8. The summed E-state index contributed by atoms with van der Waals surface area (Å²) >= 11 is 0. The predicted molar refractivity (Wildman–Crippen MR) is 119 cm³/mol. The summed E-state index contributed by atoms with van der Waals surface area (Å²) in [5, 5.41) is 6.91. The third kappa shape index (κ3) is 4.97. The van der Waals surface area contributed by atoms with Crippen molar-refractivity contribution < 1.29 is 9.47 Å². The van der Waals surface area contributed by atoms with Crippen molar-refractivity contribution >= 4 is 17.5 Å². The minimum atomic E-state index is 0.413. The van der Waals surface area contributed by atoms with Crippen LogP contribution in [0.15, 0.2) is 48.8 Å². The Balaban J connectivity index is 1.66. The number of nitrogens with one attached hydrogen (secondary N) is 2. The molecule has 30 heavy (non-hydrogen) atoms. The molecule has 1 aliphatic rings. The molecule has 0 aliphatic heterocycles. The minimum absolute atomic E-state index is 0.413. The second kappa shape index (κ2) is 9.43. The van der Waals surface area contributed by atoms with Gasteiger partial charge >= 0.3 is 0 Å². The largest absolute Gasteiger partial charge is 0.497 e. The Bertz CT molecular complexity index is 952. The third-order valence-corrected chi connectivity index (χ3v) is 5.26. The summed E-state index contributed by atoms with van der Waals surface area (Å²) in [6, 6.07) is 11.9. The highest BCUT2D eigenvalue weighted by Gasteiger charge is 2.16. The topological polar surface area (TPSA) is 81.2 Å². The highest BCUT2D eigenvalue weighted by molar-refractivity contribution is 5.68. The molecule has 4 rings (SSSR count). The average molecular weight is 406 g/mol. The van der Waals surface area contributed by atoms with Gasteiger partial charge < -0.3 is 20.1 Å². The standard InChI is InChI=1S/C23H27N5O2/c1-29-19-12-18(13-20(14-19)30-2)25-22-15-21(16-8-10-24-11-9-16)27-23(28-22)26-17-6-4-3-5-7-17/h8-15,17H,3-7H2,1-2H3,(H2,25,26,27,28). The summed E-state index contributed by atoms with van der Waals surface area (Å²) in [6.45, 7) is 0. The van der Waals surface area contributed by atoms with Crippen LogP contribution in [-0.4, -0.2) is 35.2 Å². The summed E-state index contributed by atoms with van der Waals surface area (Å²) in [6.07, 6.45) is 9.64. The van der Waals surface area contributed by atoms with E-state index in [2.05, 4.69) is 15.6 Å². The second-order valence-corrected chi connectivity index (χ2v) is 7.40. The molecule has 2 aromatic heterocycles. The van der Waals surface area contributed by atoms with Crippen LogP contribution in [0.4, 0.5) is 17.5 Å². The number of hydrogen-bond acceptors (Lipinski definition) is 7. The Morgan fingerprint density at radius 3 is 2.23 bits per heavy atom. The fraction of sp³-hybridized carbons (Fsp3) is 0.348. The SMILES string of the molecule is COc1cc(Nc2cc(-c3ccncc3)nc(NC3CCCCC3)n2)cc(OC)c1. The van der Waals surface area contributed by atoms with Crippen LogP contribution in [0.5, 0.6) is 11.5 Å². The second-order valence-electron chi connectivity index (χ2n) is 7.40. The number of aromatic nitrogens is 3. The summed E-state index contributed by atoms with van der Waals surface area (Å²) in [4.78, 5) is 13.6. The zero-order valence-corrected chi connectivity index (χ0v) is 17.4. The van der Waals surface area contributed by atoms with E-state index in [0.717, 1.165) is 29.8 Å². The average Bonchev–Trinajstić information content (AvgIpc) is 2.80. The van der Waals surface area contributed by atoms with Gasteiger partial charge in [0.25, 0.3) is 0 Å². The highest BCUT2D eigenvalue weighted by Crippen LogP contribution is 2.30. The lowest BCUT2D eigenvalue weighted by molar-refractivity contribution is 0.395. The first-order valence-electron chi connectivity index (χ1n) is 10.3. The molecular formula is C23H27N5O2. The monoisotopic (exact) mass is 405 g/mol. The van der Waals surface area contributed by atoms with E-state index in [9.17, 15) is 0 Å². The lowest BCUT2D eigenvalue weighted by Crippen LogP contribution is -2.23. The molecule has 0 spiro atoms. The third-order valence-electron chi connectivity index (χ3n) is 5.26. The van der Waals surface area contributed by atoms with Crippen molar-refractivity contribution in [1.29, 1.82) is 0 Å². The molecule has 2 heterocycles. The van der Waals surface area contributed by atoms with E-state index in [1.165, 1.54) is 19.3 Å². The van der Waals surface area contributed by atoms with E-state index in [1.807, 2.05) is 36.4 Å². The number of hydrogen-bond donors (Lipinski definition) is 2. The Morgan fingerprint density at radius 2 is 1.57 bits per heavy atom. The number of pyridine rings is 1. The van der Waals surface area contributed by atoms with Gasteiger partial charge in [0.1, 0.15) is 17.3 Å². The van der Waals surface area contributed by atoms with Crippen LogP contribution >= 0.6 is 0 Å². The Morgan fingerprint density at radius 1 is 0.867 bits per heavy atom. The number of rotatable bonds is 7. The van der Waals surface area contributed by atoms with Crippen LogP contribution in [0.25, 0.3) is 11.3 Å². The van der Waals surface area contributed by atoms with Gasteiger partial charge in [-0.25, -0.2) is 4.98 Å². The molecule has 0 radical (unpaired) electrons. The molecular weight excluding hydrogens is 378 g/mol. The predicted octanol–water partition coefficient (Wildman–Crippen LogP) is 5.04. The number of methoxy groups -OCH3 is 2. The van der Waals surface area contributed by atoms with Gasteiger partial charge in [0.2, 0.25) is 5.95 Å².